The Balaban J connectivity index is 4.52. The van der Waals surface area contributed by atoms with Crippen molar-refractivity contribution in [1.29, 1.82) is 0 Å². The number of carbonyl (C=O) groups excluding carboxylic acids is 2. The number of likely N-dealkylation sites (N-methyl/N-ethyl adjacent to an activating group) is 1. The van der Waals surface area contributed by atoms with Gasteiger partial charge in [-0.15, -0.1) is 0 Å². The first kappa shape index (κ1) is 54.7. The zero-order chi connectivity index (χ0) is 42.8. The van der Waals surface area contributed by atoms with E-state index in [1.165, 1.54) is 0 Å². The third kappa shape index (κ3) is 42.3. The lowest BCUT2D eigenvalue weighted by atomic mass is 10.1. The van der Waals surface area contributed by atoms with Gasteiger partial charge in [-0.05, 0) is 96.3 Å². The zero-order valence-corrected chi connectivity index (χ0v) is 37.6. The van der Waals surface area contributed by atoms with Crippen LogP contribution in [0.15, 0.2) is 109 Å². The van der Waals surface area contributed by atoms with Crippen LogP contribution in [0.2, 0.25) is 0 Å². The molecular formula is C48H78NO8P. The van der Waals surface area contributed by atoms with E-state index < -0.39 is 32.5 Å². The summed E-state index contributed by atoms with van der Waals surface area (Å²) in [6.07, 6.45) is 52.7. The van der Waals surface area contributed by atoms with Crippen LogP contribution in [0.4, 0.5) is 0 Å². The number of unbranched alkanes of at least 4 members (excludes halogenated alkanes) is 5. The number of esters is 2. The van der Waals surface area contributed by atoms with Crippen molar-refractivity contribution >= 4 is 19.8 Å². The summed E-state index contributed by atoms with van der Waals surface area (Å²) < 4.78 is 33.8. The molecule has 0 aromatic heterocycles. The predicted molar refractivity (Wildman–Crippen MR) is 240 cm³/mol. The van der Waals surface area contributed by atoms with Gasteiger partial charge in [0.25, 0.3) is 7.82 Å². The first-order chi connectivity index (χ1) is 28.0. The fourth-order valence-electron chi connectivity index (χ4n) is 4.96. The molecule has 0 heterocycles. The van der Waals surface area contributed by atoms with Gasteiger partial charge in [0.05, 0.1) is 27.7 Å². The first-order valence-corrected chi connectivity index (χ1v) is 23.1. The summed E-state index contributed by atoms with van der Waals surface area (Å²) in [5.74, 6) is -0.935. The second kappa shape index (κ2) is 39.1. The van der Waals surface area contributed by atoms with Gasteiger partial charge in [0.15, 0.2) is 6.10 Å². The summed E-state index contributed by atoms with van der Waals surface area (Å²) in [7, 11) is 1.09. The topological polar surface area (TPSA) is 111 Å². The van der Waals surface area contributed by atoms with Gasteiger partial charge >= 0.3 is 11.9 Å². The maximum absolute atomic E-state index is 12.6. The summed E-state index contributed by atoms with van der Waals surface area (Å²) in [6.45, 7) is 3.87. The fourth-order valence-corrected chi connectivity index (χ4v) is 5.69. The SMILES string of the molecule is CC/C=C/C/C=C/C/C=C/C/C=C/C/C=C/CCCCCC(=O)OC[C@H](COP(=O)([O-])OCC[N+](C)(C)C)OC(=O)CCCC/C=C/C/C=C/C/C=C/C/C=C/CC. The van der Waals surface area contributed by atoms with Gasteiger partial charge in [0.1, 0.15) is 19.8 Å². The highest BCUT2D eigenvalue weighted by molar-refractivity contribution is 7.45. The highest BCUT2D eigenvalue weighted by Crippen LogP contribution is 2.38. The van der Waals surface area contributed by atoms with E-state index in [0.717, 1.165) is 89.9 Å². The molecule has 328 valence electrons. The normalized spacial score (nSPS) is 14.7. The monoisotopic (exact) mass is 828 g/mol. The molecule has 0 aromatic carbocycles. The Bertz CT molecular complexity index is 1350. The minimum absolute atomic E-state index is 0.0515. The average molecular weight is 828 g/mol. The van der Waals surface area contributed by atoms with Crippen molar-refractivity contribution in [1.82, 2.24) is 0 Å². The van der Waals surface area contributed by atoms with Crippen molar-refractivity contribution in [2.24, 2.45) is 0 Å². The highest BCUT2D eigenvalue weighted by Gasteiger charge is 2.21. The highest BCUT2D eigenvalue weighted by atomic mass is 31.2. The van der Waals surface area contributed by atoms with E-state index >= 15 is 0 Å². The maximum atomic E-state index is 12.6. The van der Waals surface area contributed by atoms with Crippen molar-refractivity contribution in [3.63, 3.8) is 0 Å². The molecule has 58 heavy (non-hydrogen) atoms. The third-order valence-electron chi connectivity index (χ3n) is 8.29. The van der Waals surface area contributed by atoms with Crippen LogP contribution < -0.4 is 4.89 Å². The van der Waals surface area contributed by atoms with Gasteiger partial charge in [-0.1, -0.05) is 130 Å². The van der Waals surface area contributed by atoms with Crippen LogP contribution in [0.1, 0.15) is 129 Å². The molecule has 0 saturated carbocycles. The molecular weight excluding hydrogens is 750 g/mol. The van der Waals surface area contributed by atoms with Crippen molar-refractivity contribution in [3.8, 4) is 0 Å². The Morgan fingerprint density at radius 1 is 0.534 bits per heavy atom. The van der Waals surface area contributed by atoms with Crippen molar-refractivity contribution in [3.05, 3.63) is 109 Å². The smallest absolute Gasteiger partial charge is 0.306 e. The molecule has 0 saturated heterocycles. The van der Waals surface area contributed by atoms with Crippen LogP contribution in [-0.2, 0) is 32.7 Å². The van der Waals surface area contributed by atoms with Gasteiger partial charge < -0.3 is 27.9 Å². The molecule has 0 rings (SSSR count). The van der Waals surface area contributed by atoms with E-state index in [4.69, 9.17) is 18.5 Å². The number of carbonyl (C=O) groups is 2. The van der Waals surface area contributed by atoms with Gasteiger partial charge in [-0.25, -0.2) is 0 Å². The molecule has 0 amide bonds. The minimum atomic E-state index is -4.65. The zero-order valence-electron chi connectivity index (χ0n) is 36.7. The molecule has 1 unspecified atom stereocenters. The van der Waals surface area contributed by atoms with E-state index in [2.05, 4.69) is 123 Å². The number of quaternary nitrogens is 1. The van der Waals surface area contributed by atoms with Crippen LogP contribution in [0.3, 0.4) is 0 Å². The van der Waals surface area contributed by atoms with Crippen molar-refractivity contribution < 1.29 is 42.1 Å². The summed E-state index contributed by atoms with van der Waals surface area (Å²) >= 11 is 0. The van der Waals surface area contributed by atoms with Gasteiger partial charge in [-0.2, -0.15) is 0 Å². The van der Waals surface area contributed by atoms with Crippen LogP contribution in [0.25, 0.3) is 0 Å². The number of phosphoric ester groups is 1. The van der Waals surface area contributed by atoms with Gasteiger partial charge in [-0.3, -0.25) is 14.2 Å². The average Bonchev–Trinajstić information content (AvgIpc) is 3.17. The summed E-state index contributed by atoms with van der Waals surface area (Å²) in [5.41, 5.74) is 0. The van der Waals surface area contributed by atoms with Crippen molar-refractivity contribution in [2.75, 3.05) is 47.5 Å². The lowest BCUT2D eigenvalue weighted by molar-refractivity contribution is -0.870. The molecule has 10 heteroatoms. The number of phosphoric acid groups is 1. The molecule has 0 fully saturated rings. The second-order valence-electron chi connectivity index (χ2n) is 14.9. The molecule has 0 radical (unpaired) electrons. The molecule has 9 nitrogen and oxygen atoms in total. The number of hydrogen-bond acceptors (Lipinski definition) is 8. The van der Waals surface area contributed by atoms with Crippen molar-refractivity contribution in [2.45, 2.75) is 136 Å². The Labute approximate surface area is 353 Å². The minimum Gasteiger partial charge on any atom is -0.756 e. The summed E-state index contributed by atoms with van der Waals surface area (Å²) in [6, 6.07) is 0. The van der Waals surface area contributed by atoms with Crippen LogP contribution in [-0.4, -0.2) is 70.0 Å². The number of ether oxygens (including phenoxy) is 2. The Morgan fingerprint density at radius 3 is 1.38 bits per heavy atom. The molecule has 0 bridgehead atoms. The molecule has 0 aliphatic carbocycles. The first-order valence-electron chi connectivity index (χ1n) is 21.6. The molecule has 0 aliphatic rings. The number of hydrogen-bond donors (Lipinski definition) is 0. The molecule has 0 N–H and O–H groups in total. The molecule has 0 spiro atoms. The molecule has 2 atom stereocenters. The summed E-state index contributed by atoms with van der Waals surface area (Å²) in [5, 5.41) is 0. The van der Waals surface area contributed by atoms with Gasteiger partial charge in [0.2, 0.25) is 0 Å². The number of allylic oxidation sites excluding steroid dienone is 18. The largest absolute Gasteiger partial charge is 0.756 e. The number of nitrogens with zero attached hydrogens (tertiary/aromatic N) is 1. The van der Waals surface area contributed by atoms with Gasteiger partial charge in [0, 0.05) is 12.8 Å². The lowest BCUT2D eigenvalue weighted by Gasteiger charge is -2.28. The maximum Gasteiger partial charge on any atom is 0.306 e. The predicted octanol–water partition coefficient (Wildman–Crippen LogP) is 11.7. The van der Waals surface area contributed by atoms with E-state index in [0.29, 0.717) is 23.9 Å². The Kier molecular flexibility index (Phi) is 36.9. The fraction of sp³-hybridized carbons (Fsp3) is 0.583. The van der Waals surface area contributed by atoms with Crippen LogP contribution in [0.5, 0.6) is 0 Å². The molecule has 0 aromatic rings. The number of rotatable bonds is 37. The second-order valence-corrected chi connectivity index (χ2v) is 16.4. The van der Waals surface area contributed by atoms with E-state index in [9.17, 15) is 19.0 Å². The van der Waals surface area contributed by atoms with Crippen LogP contribution >= 0.6 is 7.82 Å². The summed E-state index contributed by atoms with van der Waals surface area (Å²) in [4.78, 5) is 37.5. The van der Waals surface area contributed by atoms with E-state index in [1.54, 1.807) is 0 Å². The van der Waals surface area contributed by atoms with E-state index in [-0.39, 0.29) is 26.1 Å². The van der Waals surface area contributed by atoms with E-state index in [1.807, 2.05) is 21.1 Å². The Morgan fingerprint density at radius 2 is 0.931 bits per heavy atom. The Hall–Kier alpha value is -3.33. The quantitative estimate of drug-likeness (QED) is 0.0200. The lowest BCUT2D eigenvalue weighted by Crippen LogP contribution is -2.37. The van der Waals surface area contributed by atoms with Crippen LogP contribution in [0, 0.1) is 0 Å². The molecule has 0 aliphatic heterocycles. The third-order valence-corrected chi connectivity index (χ3v) is 9.25. The standard InChI is InChI=1S/C48H78NO8P/c1-6-8-10-12-14-16-18-20-22-23-24-25-27-28-30-32-34-36-38-40-47(50)54-44-46(45-56-58(52,53)55-43-42-49(3,4)5)57-48(51)41-39-37-35-33-31-29-26-21-19-17-15-13-11-9-7-2/h8-11,14-17,20-22,24-26,28,30-31,33,46H,6-7,12-13,18-19,23,27,29,32,34-45H2,1-5H3/b10-8+,11-9+,16-14+,17-15+,22-20+,25-24+,26-21+,30-28+,33-31+/t46-/m1/s1.